The molecule has 0 aliphatic heterocycles. The zero-order chi connectivity index (χ0) is 16.7. The third-order valence-electron chi connectivity index (χ3n) is 3.44. The van der Waals surface area contributed by atoms with Crippen LogP contribution >= 0.6 is 11.8 Å². The molecule has 0 aliphatic rings. The summed E-state index contributed by atoms with van der Waals surface area (Å²) in [7, 11) is 0. The Kier molecular flexibility index (Phi) is 6.02. The maximum Gasteiger partial charge on any atom is 0.262 e. The van der Waals surface area contributed by atoms with Crippen LogP contribution in [0.25, 0.3) is 6.08 Å². The molecule has 2 rings (SSSR count). The van der Waals surface area contributed by atoms with Crippen molar-refractivity contribution in [3.63, 3.8) is 0 Å². The molecule has 0 aromatic heterocycles. The van der Waals surface area contributed by atoms with Gasteiger partial charge in [0.2, 0.25) is 0 Å². The van der Waals surface area contributed by atoms with Gasteiger partial charge in [-0.2, -0.15) is 5.26 Å². The van der Waals surface area contributed by atoms with Gasteiger partial charge in [0, 0.05) is 4.90 Å². The first-order chi connectivity index (χ1) is 11.1. The summed E-state index contributed by atoms with van der Waals surface area (Å²) in [5.74, 6) is -0.363. The number of rotatable bonds is 5. The molecule has 1 N–H and O–H groups in total. The Balaban J connectivity index is 2.11. The van der Waals surface area contributed by atoms with Gasteiger partial charge in [-0.3, -0.25) is 4.79 Å². The van der Waals surface area contributed by atoms with Crippen LogP contribution in [0.3, 0.4) is 0 Å². The van der Waals surface area contributed by atoms with Crippen molar-refractivity contribution in [3.05, 3.63) is 71.3 Å². The Labute approximate surface area is 141 Å². The van der Waals surface area contributed by atoms with E-state index < -0.39 is 0 Å². The zero-order valence-electron chi connectivity index (χ0n) is 13.1. The minimum Gasteiger partial charge on any atom is -0.345 e. The van der Waals surface area contributed by atoms with E-state index in [1.807, 2.05) is 73.8 Å². The Hall–Kier alpha value is -2.51. The van der Waals surface area contributed by atoms with Gasteiger partial charge in [0.05, 0.1) is 6.04 Å². The molecule has 2 aromatic rings. The van der Waals surface area contributed by atoms with Gasteiger partial charge in [-0.25, -0.2) is 0 Å². The summed E-state index contributed by atoms with van der Waals surface area (Å²) in [5, 5.41) is 12.1. The van der Waals surface area contributed by atoms with Crippen molar-refractivity contribution < 1.29 is 4.79 Å². The highest BCUT2D eigenvalue weighted by Gasteiger charge is 2.13. The molecule has 0 saturated carbocycles. The van der Waals surface area contributed by atoms with Crippen LogP contribution in [0.5, 0.6) is 0 Å². The summed E-state index contributed by atoms with van der Waals surface area (Å²) in [6, 6.07) is 19.2. The number of hydrogen-bond acceptors (Lipinski definition) is 3. The van der Waals surface area contributed by atoms with Crippen LogP contribution < -0.4 is 5.32 Å². The maximum atomic E-state index is 12.3. The van der Waals surface area contributed by atoms with Gasteiger partial charge in [-0.1, -0.05) is 42.5 Å². The highest BCUT2D eigenvalue weighted by Crippen LogP contribution is 2.17. The number of thioether (sulfide) groups is 1. The van der Waals surface area contributed by atoms with Crippen molar-refractivity contribution in [1.29, 1.82) is 5.26 Å². The van der Waals surface area contributed by atoms with Crippen LogP contribution in [0, 0.1) is 11.3 Å². The molecule has 116 valence electrons. The van der Waals surface area contributed by atoms with Gasteiger partial charge >= 0.3 is 0 Å². The van der Waals surface area contributed by atoms with E-state index in [1.54, 1.807) is 17.8 Å². The first-order valence-corrected chi connectivity index (χ1v) is 8.48. The molecule has 0 aliphatic carbocycles. The summed E-state index contributed by atoms with van der Waals surface area (Å²) in [5.41, 5.74) is 1.94. The highest BCUT2D eigenvalue weighted by molar-refractivity contribution is 7.98. The SMILES string of the molecule is CSc1ccc(/C=C(/C#N)C(=O)N[C@H](C)c2ccccc2)cc1. The van der Waals surface area contributed by atoms with E-state index in [4.69, 9.17) is 0 Å². The van der Waals surface area contributed by atoms with Crippen LogP contribution in [0.1, 0.15) is 24.1 Å². The number of hydrogen-bond donors (Lipinski definition) is 1. The maximum absolute atomic E-state index is 12.3. The van der Waals surface area contributed by atoms with Crippen molar-refractivity contribution in [2.75, 3.05) is 6.26 Å². The van der Waals surface area contributed by atoms with Crippen LogP contribution in [0.15, 0.2) is 65.1 Å². The number of nitrogens with one attached hydrogen (secondary N) is 1. The summed E-state index contributed by atoms with van der Waals surface area (Å²) >= 11 is 1.65. The van der Waals surface area contributed by atoms with Crippen LogP contribution in [-0.4, -0.2) is 12.2 Å². The monoisotopic (exact) mass is 322 g/mol. The first-order valence-electron chi connectivity index (χ1n) is 7.25. The fourth-order valence-electron chi connectivity index (χ4n) is 2.11. The lowest BCUT2D eigenvalue weighted by Gasteiger charge is -2.13. The molecular weight excluding hydrogens is 304 g/mol. The van der Waals surface area contributed by atoms with Gasteiger partial charge in [0.1, 0.15) is 11.6 Å². The van der Waals surface area contributed by atoms with E-state index in [9.17, 15) is 10.1 Å². The molecule has 3 nitrogen and oxygen atoms in total. The van der Waals surface area contributed by atoms with E-state index in [0.29, 0.717) is 0 Å². The number of benzene rings is 2. The lowest BCUT2D eigenvalue weighted by atomic mass is 10.1. The van der Waals surface area contributed by atoms with Crippen molar-refractivity contribution in [2.24, 2.45) is 0 Å². The van der Waals surface area contributed by atoms with Crippen molar-refractivity contribution in [3.8, 4) is 6.07 Å². The molecule has 1 atom stereocenters. The Morgan fingerprint density at radius 3 is 2.39 bits per heavy atom. The lowest BCUT2D eigenvalue weighted by molar-refractivity contribution is -0.117. The van der Waals surface area contributed by atoms with E-state index in [-0.39, 0.29) is 17.5 Å². The third-order valence-corrected chi connectivity index (χ3v) is 4.18. The third kappa shape index (κ3) is 4.73. The lowest BCUT2D eigenvalue weighted by Crippen LogP contribution is -2.27. The van der Waals surface area contributed by atoms with E-state index in [0.717, 1.165) is 16.0 Å². The average Bonchev–Trinajstić information content (AvgIpc) is 2.60. The molecule has 23 heavy (non-hydrogen) atoms. The van der Waals surface area contributed by atoms with Gasteiger partial charge in [-0.05, 0) is 42.5 Å². The van der Waals surface area contributed by atoms with E-state index >= 15 is 0 Å². The predicted octanol–water partition coefficient (Wildman–Crippen LogP) is 4.19. The summed E-state index contributed by atoms with van der Waals surface area (Å²) < 4.78 is 0. The predicted molar refractivity (Wildman–Crippen MR) is 94.8 cm³/mol. The second-order valence-corrected chi connectivity index (χ2v) is 5.93. The summed E-state index contributed by atoms with van der Waals surface area (Å²) in [6.07, 6.45) is 3.61. The number of nitriles is 1. The van der Waals surface area contributed by atoms with Gasteiger partial charge in [0.15, 0.2) is 0 Å². The number of nitrogens with zero attached hydrogens (tertiary/aromatic N) is 1. The summed E-state index contributed by atoms with van der Waals surface area (Å²) in [4.78, 5) is 13.4. The standard InChI is InChI=1S/C19H18N2OS/c1-14(16-6-4-3-5-7-16)21-19(22)17(13-20)12-15-8-10-18(23-2)11-9-15/h3-12,14H,1-2H3,(H,21,22)/b17-12-/t14-/m1/s1. The smallest absolute Gasteiger partial charge is 0.262 e. The second kappa shape index (κ2) is 8.21. The fraction of sp³-hybridized carbons (Fsp3) is 0.158. The molecule has 0 radical (unpaired) electrons. The fourth-order valence-corrected chi connectivity index (χ4v) is 2.52. The van der Waals surface area contributed by atoms with E-state index in [2.05, 4.69) is 5.32 Å². The summed E-state index contributed by atoms with van der Waals surface area (Å²) in [6.45, 7) is 1.90. The molecule has 0 saturated heterocycles. The number of amides is 1. The molecular formula is C19H18N2OS. The van der Waals surface area contributed by atoms with Crippen molar-refractivity contribution in [2.45, 2.75) is 17.9 Å². The van der Waals surface area contributed by atoms with Crippen LogP contribution in [0.2, 0.25) is 0 Å². The minimum absolute atomic E-state index is 0.102. The molecule has 0 fully saturated rings. The molecule has 0 spiro atoms. The average molecular weight is 322 g/mol. The molecule has 4 heteroatoms. The Morgan fingerprint density at radius 1 is 1.17 bits per heavy atom. The topological polar surface area (TPSA) is 52.9 Å². The molecule has 1 amide bonds. The quantitative estimate of drug-likeness (QED) is 0.510. The molecule has 0 heterocycles. The molecule has 0 bridgehead atoms. The largest absolute Gasteiger partial charge is 0.345 e. The second-order valence-electron chi connectivity index (χ2n) is 5.05. The zero-order valence-corrected chi connectivity index (χ0v) is 13.9. The molecule has 2 aromatic carbocycles. The molecule has 0 unspecified atom stereocenters. The number of carbonyl (C=O) groups excluding carboxylic acids is 1. The van der Waals surface area contributed by atoms with E-state index in [1.165, 1.54) is 0 Å². The van der Waals surface area contributed by atoms with Crippen molar-refractivity contribution >= 4 is 23.7 Å². The van der Waals surface area contributed by atoms with Gasteiger partial charge in [-0.15, -0.1) is 11.8 Å². The number of carbonyl (C=O) groups is 1. The van der Waals surface area contributed by atoms with Crippen molar-refractivity contribution in [1.82, 2.24) is 5.32 Å². The normalized spacial score (nSPS) is 12.3. The van der Waals surface area contributed by atoms with Crippen LogP contribution in [-0.2, 0) is 4.79 Å². The minimum atomic E-state index is -0.363. The van der Waals surface area contributed by atoms with Gasteiger partial charge < -0.3 is 5.32 Å². The highest BCUT2D eigenvalue weighted by atomic mass is 32.2. The van der Waals surface area contributed by atoms with Gasteiger partial charge in [0.25, 0.3) is 5.91 Å². The van der Waals surface area contributed by atoms with Crippen LogP contribution in [0.4, 0.5) is 0 Å². The Morgan fingerprint density at radius 2 is 1.83 bits per heavy atom. The first kappa shape index (κ1) is 16.9. The Bertz CT molecular complexity index is 730.